The first-order chi connectivity index (χ1) is 14.9. The Bertz CT molecular complexity index is 1010. The van der Waals surface area contributed by atoms with E-state index in [1.807, 2.05) is 13.8 Å². The van der Waals surface area contributed by atoms with Crippen molar-refractivity contribution >= 4 is 23.1 Å². The van der Waals surface area contributed by atoms with Gasteiger partial charge in [-0.25, -0.2) is 0 Å². The molecule has 0 radical (unpaired) electrons. The maximum atomic E-state index is 13.0. The fourth-order valence-electron chi connectivity index (χ4n) is 3.90. The zero-order valence-electron chi connectivity index (χ0n) is 17.6. The number of rotatable bonds is 8. The number of aliphatic hydroxyl groups excluding tert-OH is 1. The van der Waals surface area contributed by atoms with Crippen molar-refractivity contribution in [3.8, 4) is 0 Å². The summed E-state index contributed by atoms with van der Waals surface area (Å²) in [6.45, 7) is 6.73. The van der Waals surface area contributed by atoms with E-state index in [0.717, 1.165) is 13.1 Å². The van der Waals surface area contributed by atoms with Crippen LogP contribution in [0, 0.1) is 10.1 Å². The van der Waals surface area contributed by atoms with Gasteiger partial charge in [-0.1, -0.05) is 42.5 Å². The van der Waals surface area contributed by atoms with E-state index in [1.165, 1.54) is 28.0 Å². The number of nitrogens with one attached hydrogen (secondary N) is 1. The lowest BCUT2D eigenvalue weighted by Crippen LogP contribution is -3.12. The number of aliphatic hydroxyl groups is 1. The summed E-state index contributed by atoms with van der Waals surface area (Å²) >= 11 is 0. The van der Waals surface area contributed by atoms with Crippen LogP contribution in [0.4, 0.5) is 5.69 Å². The van der Waals surface area contributed by atoms with Crippen LogP contribution < -0.4 is 4.90 Å². The highest BCUT2D eigenvalue weighted by atomic mass is 16.6. The Kier molecular flexibility index (Phi) is 6.81. The van der Waals surface area contributed by atoms with Gasteiger partial charge in [0.2, 0.25) is 0 Å². The number of carbonyl (C=O) groups is 2. The van der Waals surface area contributed by atoms with Crippen LogP contribution in [0.25, 0.3) is 5.76 Å². The molecule has 0 bridgehead atoms. The molecule has 0 aromatic heterocycles. The van der Waals surface area contributed by atoms with Gasteiger partial charge < -0.3 is 14.9 Å². The fourth-order valence-corrected chi connectivity index (χ4v) is 3.90. The van der Waals surface area contributed by atoms with Crippen LogP contribution >= 0.6 is 0 Å². The van der Waals surface area contributed by atoms with Crippen molar-refractivity contribution in [3.05, 3.63) is 81.4 Å². The molecular weight excluding hydrogens is 398 g/mol. The molecule has 1 atom stereocenters. The second-order valence-electron chi connectivity index (χ2n) is 7.42. The average molecular weight is 424 g/mol. The number of hydrogen-bond donors (Lipinski definition) is 2. The number of quaternary nitrogens is 1. The molecule has 1 heterocycles. The molecule has 162 valence electrons. The van der Waals surface area contributed by atoms with E-state index in [4.69, 9.17) is 0 Å². The molecule has 1 fully saturated rings. The first kappa shape index (κ1) is 22.2. The summed E-state index contributed by atoms with van der Waals surface area (Å²) in [6, 6.07) is 13.5. The predicted molar refractivity (Wildman–Crippen MR) is 115 cm³/mol. The number of nitrogens with zero attached hydrogens (tertiary/aromatic N) is 2. The van der Waals surface area contributed by atoms with E-state index in [9.17, 15) is 24.8 Å². The lowest BCUT2D eigenvalue weighted by molar-refractivity contribution is -0.895. The maximum Gasteiger partial charge on any atom is 0.295 e. The van der Waals surface area contributed by atoms with Crippen LogP contribution in [0.3, 0.4) is 0 Å². The van der Waals surface area contributed by atoms with Crippen molar-refractivity contribution in [2.24, 2.45) is 0 Å². The van der Waals surface area contributed by atoms with E-state index < -0.39 is 22.7 Å². The van der Waals surface area contributed by atoms with Crippen LogP contribution in [-0.2, 0) is 9.59 Å². The van der Waals surface area contributed by atoms with Crippen LogP contribution in [-0.4, -0.2) is 52.8 Å². The molecule has 2 N–H and O–H groups in total. The van der Waals surface area contributed by atoms with Crippen molar-refractivity contribution in [1.82, 2.24) is 4.90 Å². The van der Waals surface area contributed by atoms with E-state index in [-0.39, 0.29) is 17.0 Å². The molecule has 0 saturated carbocycles. The molecule has 31 heavy (non-hydrogen) atoms. The molecule has 8 heteroatoms. The zero-order chi connectivity index (χ0) is 22.5. The van der Waals surface area contributed by atoms with Gasteiger partial charge >= 0.3 is 0 Å². The number of benzene rings is 2. The van der Waals surface area contributed by atoms with Gasteiger partial charge in [0.05, 0.1) is 42.7 Å². The zero-order valence-corrected chi connectivity index (χ0v) is 17.6. The van der Waals surface area contributed by atoms with Crippen molar-refractivity contribution in [2.75, 3.05) is 26.2 Å². The number of non-ortho nitro benzene ring substituents is 1. The largest absolute Gasteiger partial charge is 0.507 e. The highest BCUT2D eigenvalue weighted by molar-refractivity contribution is 6.46. The highest BCUT2D eigenvalue weighted by Gasteiger charge is 2.46. The number of amides is 1. The van der Waals surface area contributed by atoms with Gasteiger partial charge in [0.25, 0.3) is 17.4 Å². The van der Waals surface area contributed by atoms with E-state index in [1.54, 1.807) is 36.4 Å². The van der Waals surface area contributed by atoms with Crippen molar-refractivity contribution in [1.29, 1.82) is 0 Å². The van der Waals surface area contributed by atoms with Gasteiger partial charge in [-0.05, 0) is 19.4 Å². The number of Topliss-reactive ketones (excluding diaryl/α,β-unsaturated/α-hetero) is 1. The summed E-state index contributed by atoms with van der Waals surface area (Å²) < 4.78 is 0. The van der Waals surface area contributed by atoms with Crippen LogP contribution in [0.1, 0.15) is 31.0 Å². The summed E-state index contributed by atoms with van der Waals surface area (Å²) in [5, 5.41) is 22.2. The Morgan fingerprint density at radius 1 is 1.10 bits per heavy atom. The third-order valence-electron chi connectivity index (χ3n) is 5.69. The molecule has 8 nitrogen and oxygen atoms in total. The molecule has 1 unspecified atom stereocenters. The number of hydrogen-bond acceptors (Lipinski definition) is 5. The number of ketones is 1. The molecular formula is C23H26N3O5+. The predicted octanol–water partition coefficient (Wildman–Crippen LogP) is 1.94. The van der Waals surface area contributed by atoms with Gasteiger partial charge in [-0.3, -0.25) is 19.7 Å². The minimum atomic E-state index is -0.893. The summed E-state index contributed by atoms with van der Waals surface area (Å²) in [5.74, 6) is -1.78. The summed E-state index contributed by atoms with van der Waals surface area (Å²) in [6.07, 6.45) is 0. The minimum Gasteiger partial charge on any atom is -0.507 e. The third-order valence-corrected chi connectivity index (χ3v) is 5.69. The summed E-state index contributed by atoms with van der Waals surface area (Å²) in [7, 11) is 0. The second kappa shape index (κ2) is 9.53. The Morgan fingerprint density at radius 3 is 2.39 bits per heavy atom. The van der Waals surface area contributed by atoms with Gasteiger partial charge in [-0.2, -0.15) is 0 Å². The normalized spacial score (nSPS) is 18.0. The summed E-state index contributed by atoms with van der Waals surface area (Å²) in [4.78, 5) is 39.3. The van der Waals surface area contributed by atoms with Crippen LogP contribution in [0.2, 0.25) is 0 Å². The van der Waals surface area contributed by atoms with Gasteiger partial charge in [0.1, 0.15) is 5.76 Å². The topological polar surface area (TPSA) is 105 Å². The molecule has 3 rings (SSSR count). The Labute approximate surface area is 180 Å². The molecule has 0 spiro atoms. The number of nitro groups is 1. The summed E-state index contributed by atoms with van der Waals surface area (Å²) in [5.41, 5.74) is 0.633. The van der Waals surface area contributed by atoms with Gasteiger partial charge in [0, 0.05) is 17.7 Å². The number of likely N-dealkylation sites (tertiary alicyclic amines) is 1. The molecule has 1 amide bonds. The second-order valence-corrected chi connectivity index (χ2v) is 7.42. The Morgan fingerprint density at radius 2 is 1.77 bits per heavy atom. The number of likely N-dealkylation sites (N-methyl/N-ethyl adjacent to an activating group) is 1. The fraction of sp³-hybridized carbons (Fsp3) is 0.304. The van der Waals surface area contributed by atoms with Crippen LogP contribution in [0.5, 0.6) is 0 Å². The van der Waals surface area contributed by atoms with Crippen molar-refractivity contribution in [2.45, 2.75) is 19.9 Å². The minimum absolute atomic E-state index is 0.0498. The molecule has 1 aliphatic heterocycles. The standard InChI is InChI=1S/C23H25N3O5/c1-3-24(4-2)13-14-25-20(17-11-8-12-18(15-17)26(30)31)19(22(28)23(25)29)21(27)16-9-6-5-7-10-16/h5-12,15,20,27H,3-4,13-14H2,1-2H3/p+1. The lowest BCUT2D eigenvalue weighted by Gasteiger charge is -2.26. The van der Waals surface area contributed by atoms with Crippen molar-refractivity contribution < 1.29 is 24.5 Å². The SMILES string of the molecule is CC[NH+](CC)CCN1C(=O)C(=O)C(=C(O)c2ccccc2)C1c1cccc([N+](=O)[O-])c1. The maximum absolute atomic E-state index is 13.0. The van der Waals surface area contributed by atoms with E-state index >= 15 is 0 Å². The first-order valence-corrected chi connectivity index (χ1v) is 10.3. The molecule has 1 saturated heterocycles. The molecule has 0 aliphatic carbocycles. The first-order valence-electron chi connectivity index (χ1n) is 10.3. The van der Waals surface area contributed by atoms with Crippen molar-refractivity contribution in [3.63, 3.8) is 0 Å². The van der Waals surface area contributed by atoms with E-state index in [2.05, 4.69) is 0 Å². The quantitative estimate of drug-likeness (QED) is 0.222. The smallest absolute Gasteiger partial charge is 0.295 e. The number of carbonyl (C=O) groups excluding carboxylic acids is 2. The number of nitro benzene ring substituents is 1. The molecule has 2 aromatic rings. The van der Waals surface area contributed by atoms with Gasteiger partial charge in [0.15, 0.2) is 0 Å². The van der Waals surface area contributed by atoms with Crippen LogP contribution in [0.15, 0.2) is 60.2 Å². The molecule has 2 aromatic carbocycles. The highest BCUT2D eigenvalue weighted by Crippen LogP contribution is 2.39. The Hall–Kier alpha value is -3.52. The lowest BCUT2D eigenvalue weighted by atomic mass is 9.95. The van der Waals surface area contributed by atoms with Gasteiger partial charge in [-0.15, -0.1) is 0 Å². The average Bonchev–Trinajstić information content (AvgIpc) is 3.05. The Balaban J connectivity index is 2.13. The molecule has 1 aliphatic rings. The third kappa shape index (κ3) is 4.49. The van der Waals surface area contributed by atoms with E-state index in [0.29, 0.717) is 24.2 Å². The monoisotopic (exact) mass is 424 g/mol.